The molecule has 10 atom stereocenters. The van der Waals surface area contributed by atoms with E-state index in [1.54, 1.807) is 84.1 Å². The van der Waals surface area contributed by atoms with E-state index in [1.165, 1.54) is 7.05 Å². The number of carbonyl (C=O) groups is 13. The largest absolute Gasteiger partial charge is 0.481 e. The number of aromatic amines is 1. The molecule has 2 heterocycles. The number of ether oxygens (including phenoxy) is 1. The second-order valence-electron chi connectivity index (χ2n) is 28.1. The fourth-order valence-corrected chi connectivity index (χ4v) is 11.7. The van der Waals surface area contributed by atoms with E-state index in [4.69, 9.17) is 27.7 Å². The van der Waals surface area contributed by atoms with Gasteiger partial charge in [0.25, 0.3) is 0 Å². The standard InChI is InChI=1S/C72H112N18O16/c1-40(2)19-15-22-46-36-56(92)88-60(42(5)6)69(104)84-50(26-17-32-79-72(75)76)65(100)87-54(39-91)63(98)81-38-57(93)90(9)55(34-44-20-11-10-12-21-44)68(103)85-52(33-41(3)4)67(102)82-49(25-16-31-78-71(73)74)64(99)83-51(28-29-58(94)95)66(101)89-61(43(7)8)70(105)86-53(62(97)77-30-18-27-59(96)106-46)35-45-37-80-48-24-14-13-23-47(45)48/h10-14,20-21,23-24,37,40-43,46,49-55,60-61,80,91H,15-19,22,25-36,38-39H2,1-9H3,(H,77,97)(H,81,98)(H,82,102)(H,83,99)(H,84,104)(H,85,103)(H,86,105)(H,87,100)(H,88,92)(H,89,101)(H,94,95)(H4,73,74,78)(H4,75,76,79). The number of fused-ring (bicyclic) bond motifs is 1. The van der Waals surface area contributed by atoms with E-state index in [-0.39, 0.29) is 114 Å². The molecular weight excluding hydrogens is 1370 g/mol. The number of amides is 11. The number of para-hydroxylation sites is 1. The van der Waals surface area contributed by atoms with Crippen molar-refractivity contribution in [2.75, 3.05) is 39.8 Å². The summed E-state index contributed by atoms with van der Waals surface area (Å²) in [5, 5.41) is 47.5. The third-order valence-corrected chi connectivity index (χ3v) is 17.6. The summed E-state index contributed by atoms with van der Waals surface area (Å²) in [6.07, 6.45) is 0.0124. The number of guanidine groups is 2. The first kappa shape index (κ1) is 88.0. The number of benzene rings is 2. The number of nitrogens with two attached hydrogens (primary N) is 4. The molecule has 3 aromatic rings. The lowest BCUT2D eigenvalue weighted by molar-refractivity contribution is -0.151. The number of aliphatic hydroxyl groups is 1. The number of H-pyrrole nitrogens is 1. The van der Waals surface area contributed by atoms with Crippen molar-refractivity contribution in [3.05, 3.63) is 71.9 Å². The highest BCUT2D eigenvalue weighted by atomic mass is 16.5. The van der Waals surface area contributed by atoms with Crippen LogP contribution in [-0.2, 0) is 79.9 Å². The Morgan fingerprint density at radius 3 is 1.65 bits per heavy atom. The van der Waals surface area contributed by atoms with Crippen LogP contribution in [-0.4, -0.2) is 209 Å². The molecule has 106 heavy (non-hydrogen) atoms. The first-order chi connectivity index (χ1) is 50.2. The van der Waals surface area contributed by atoms with E-state index in [0.29, 0.717) is 24.0 Å². The highest BCUT2D eigenvalue weighted by Gasteiger charge is 2.38. The van der Waals surface area contributed by atoms with Gasteiger partial charge in [0.1, 0.15) is 60.5 Å². The van der Waals surface area contributed by atoms with Gasteiger partial charge < -0.3 is 101 Å². The summed E-state index contributed by atoms with van der Waals surface area (Å²) < 4.78 is 5.90. The first-order valence-corrected chi connectivity index (χ1v) is 36.1. The first-order valence-electron chi connectivity index (χ1n) is 36.1. The molecular formula is C72H112N18O16. The topological polar surface area (TPSA) is 540 Å². The lowest BCUT2D eigenvalue weighted by Gasteiger charge is -2.31. The van der Waals surface area contributed by atoms with Crippen LogP contribution in [0.15, 0.2) is 70.8 Å². The molecule has 1 fully saturated rings. The molecule has 0 aliphatic carbocycles. The van der Waals surface area contributed by atoms with Crippen LogP contribution in [0.1, 0.15) is 150 Å². The lowest BCUT2D eigenvalue weighted by Crippen LogP contribution is -2.61. The second-order valence-corrected chi connectivity index (χ2v) is 28.1. The number of esters is 1. The van der Waals surface area contributed by atoms with Crippen LogP contribution in [0.2, 0.25) is 0 Å². The smallest absolute Gasteiger partial charge is 0.306 e. The maximum atomic E-state index is 14.8. The third kappa shape index (κ3) is 31.1. The summed E-state index contributed by atoms with van der Waals surface area (Å²) in [6, 6.07) is 2.52. The number of hydrogen-bond acceptors (Lipinski definition) is 17. The Morgan fingerprint density at radius 2 is 1.08 bits per heavy atom. The van der Waals surface area contributed by atoms with E-state index < -0.39 is 175 Å². The number of aliphatic carboxylic acids is 1. The minimum atomic E-state index is -1.73. The zero-order valence-corrected chi connectivity index (χ0v) is 62.3. The van der Waals surface area contributed by atoms with E-state index in [9.17, 15) is 72.5 Å². The summed E-state index contributed by atoms with van der Waals surface area (Å²) in [5.41, 5.74) is 24.2. The number of cyclic esters (lactones) is 1. The SMILES string of the molecule is CC(C)CCCC1CC(=O)NC(C(C)C)C(=O)NC(CCCN=C(N)N)C(=O)NC(CO)C(=O)NCC(=O)N(C)C(Cc2ccccc2)C(=O)NC(CC(C)C)C(=O)NC(CCCN=C(N)N)C(=O)NC(CCC(=O)O)C(=O)NC(C(C)C)C(=O)NC(Cc2c[nH]c3ccccc23)C(=O)NCCCC(=O)O1. The van der Waals surface area contributed by atoms with E-state index in [2.05, 4.69) is 68.1 Å². The fraction of sp³-hybridized carbons (Fsp3) is 0.597. The lowest BCUT2D eigenvalue weighted by atomic mass is 9.99. The molecule has 10 unspecified atom stereocenters. The van der Waals surface area contributed by atoms with Gasteiger partial charge in [0.2, 0.25) is 65.0 Å². The van der Waals surface area contributed by atoms with Crippen LogP contribution >= 0.6 is 0 Å². The van der Waals surface area contributed by atoms with Crippen molar-refractivity contribution in [2.45, 2.75) is 212 Å². The minimum Gasteiger partial charge on any atom is -0.481 e. The normalized spacial score (nSPS) is 22.9. The van der Waals surface area contributed by atoms with Crippen molar-refractivity contribution in [3.63, 3.8) is 0 Å². The zero-order valence-electron chi connectivity index (χ0n) is 62.3. The minimum absolute atomic E-state index is 0.00110. The number of carboxylic acids is 1. The maximum absolute atomic E-state index is 14.8. The average molecular weight is 1490 g/mol. The van der Waals surface area contributed by atoms with E-state index in [0.717, 1.165) is 15.8 Å². The number of likely N-dealkylation sites (N-methyl/N-ethyl adjacent to an activating group) is 1. The Kier molecular flexibility index (Phi) is 37.4. The number of carbonyl (C=O) groups excluding carboxylic acids is 12. The Hall–Kier alpha value is -10.4. The van der Waals surface area contributed by atoms with Crippen molar-refractivity contribution in [1.82, 2.24) is 63.1 Å². The second kappa shape index (κ2) is 45.1. The number of aromatic nitrogens is 1. The Labute approximate surface area is 618 Å². The highest BCUT2D eigenvalue weighted by Crippen LogP contribution is 2.21. The molecule has 0 radical (unpaired) electrons. The molecule has 0 saturated carbocycles. The van der Waals surface area contributed by atoms with Gasteiger partial charge in [-0.1, -0.05) is 110 Å². The maximum Gasteiger partial charge on any atom is 0.306 e. The van der Waals surface area contributed by atoms with E-state index in [1.807, 2.05) is 32.0 Å². The van der Waals surface area contributed by atoms with Gasteiger partial charge >= 0.3 is 11.9 Å². The number of nitrogens with zero attached hydrogens (tertiary/aromatic N) is 3. The molecule has 2 aromatic carbocycles. The summed E-state index contributed by atoms with van der Waals surface area (Å²) in [6.45, 7) is 12.1. The van der Waals surface area contributed by atoms with Crippen LogP contribution in [0, 0.1) is 23.7 Å². The molecule has 21 N–H and O–H groups in total. The van der Waals surface area contributed by atoms with Gasteiger partial charge in [-0.15, -0.1) is 0 Å². The molecule has 1 aromatic heterocycles. The number of nitrogens with one attached hydrogen (secondary N) is 11. The summed E-state index contributed by atoms with van der Waals surface area (Å²) >= 11 is 0. The van der Waals surface area contributed by atoms with Crippen LogP contribution in [0.5, 0.6) is 0 Å². The van der Waals surface area contributed by atoms with Gasteiger partial charge in [-0.3, -0.25) is 72.3 Å². The van der Waals surface area contributed by atoms with Gasteiger partial charge in [-0.25, -0.2) is 0 Å². The van der Waals surface area contributed by atoms with Crippen molar-refractivity contribution in [1.29, 1.82) is 0 Å². The molecule has 1 aliphatic rings. The third-order valence-electron chi connectivity index (χ3n) is 17.6. The Bertz CT molecular complexity index is 3500. The summed E-state index contributed by atoms with van der Waals surface area (Å²) in [4.78, 5) is 196. The highest BCUT2D eigenvalue weighted by molar-refractivity contribution is 5.99. The van der Waals surface area contributed by atoms with Gasteiger partial charge in [0.15, 0.2) is 11.9 Å². The monoisotopic (exact) mass is 1480 g/mol. The van der Waals surface area contributed by atoms with Crippen molar-refractivity contribution < 1.29 is 77.3 Å². The summed E-state index contributed by atoms with van der Waals surface area (Å²) in [5.74, 6) is -13.6. The van der Waals surface area contributed by atoms with Crippen LogP contribution in [0.25, 0.3) is 10.9 Å². The molecule has 1 aliphatic heterocycles. The number of hydrogen-bond donors (Lipinski definition) is 17. The quantitative estimate of drug-likeness (QED) is 0.0224. The number of carboxylic acid groups (broad SMARTS) is 1. The van der Waals surface area contributed by atoms with E-state index >= 15 is 0 Å². The predicted octanol–water partition coefficient (Wildman–Crippen LogP) is -0.865. The van der Waals surface area contributed by atoms with Crippen molar-refractivity contribution in [3.8, 4) is 0 Å². The van der Waals surface area contributed by atoms with Crippen molar-refractivity contribution >= 4 is 99.7 Å². The fourth-order valence-electron chi connectivity index (χ4n) is 11.7. The van der Waals surface area contributed by atoms with Gasteiger partial charge in [-0.05, 0) is 98.7 Å². The van der Waals surface area contributed by atoms with Crippen molar-refractivity contribution in [2.24, 2.45) is 56.6 Å². The molecule has 34 nitrogen and oxygen atoms in total. The molecule has 0 bridgehead atoms. The molecule has 586 valence electrons. The Morgan fingerprint density at radius 1 is 0.566 bits per heavy atom. The van der Waals surface area contributed by atoms with Gasteiger partial charge in [-0.2, -0.15) is 0 Å². The number of aliphatic imine (C=N–C) groups is 2. The molecule has 1 saturated heterocycles. The molecule has 11 amide bonds. The van der Waals surface area contributed by atoms with Gasteiger partial charge in [0, 0.05) is 69.5 Å². The van der Waals surface area contributed by atoms with Crippen LogP contribution < -0.4 is 76.1 Å². The molecule has 34 heteroatoms. The Balaban J connectivity index is 1.83. The number of aliphatic hydroxyl groups excluding tert-OH is 1. The summed E-state index contributed by atoms with van der Waals surface area (Å²) in [7, 11) is 1.28. The predicted molar refractivity (Wildman–Crippen MR) is 395 cm³/mol. The molecule has 4 rings (SSSR count). The average Bonchev–Trinajstić information content (AvgIpc) is 1.65. The molecule has 0 spiro atoms. The van der Waals surface area contributed by atoms with Crippen LogP contribution in [0.4, 0.5) is 0 Å². The zero-order chi connectivity index (χ0) is 78.7. The van der Waals surface area contributed by atoms with Gasteiger partial charge in [0.05, 0.1) is 19.6 Å². The number of rotatable bonds is 24. The van der Waals surface area contributed by atoms with Crippen LogP contribution in [0.3, 0.4) is 0 Å².